The highest BCUT2D eigenvalue weighted by Gasteiger charge is 2.18. The maximum Gasteiger partial charge on any atom is -0.00921 e. The Bertz CT molecular complexity index is 3550. The molecule has 0 nitrogen and oxygen atoms in total. The van der Waals surface area contributed by atoms with E-state index < -0.39 is 0 Å². The van der Waals surface area contributed by atoms with Crippen LogP contribution in [0, 0.1) is 0 Å². The van der Waals surface area contributed by atoms with E-state index in [2.05, 4.69) is 219 Å². The molecule has 0 heterocycles. The smallest absolute Gasteiger partial charge is 0.00921 e. The van der Waals surface area contributed by atoms with Gasteiger partial charge < -0.3 is 0 Å². The summed E-state index contributed by atoms with van der Waals surface area (Å²) in [4.78, 5) is 0. The zero-order valence-electron chi connectivity index (χ0n) is 34.2. The number of fused-ring (bicyclic) bond motifs is 11. The van der Waals surface area contributed by atoms with Crippen LogP contribution in [0.5, 0.6) is 0 Å². The summed E-state index contributed by atoms with van der Waals surface area (Å²) in [7, 11) is 0. The van der Waals surface area contributed by atoms with Gasteiger partial charge in [-0.2, -0.15) is 0 Å². The highest BCUT2D eigenvalue weighted by Crippen LogP contribution is 2.45. The van der Waals surface area contributed by atoms with Gasteiger partial charge in [0.15, 0.2) is 0 Å². The van der Waals surface area contributed by atoms with E-state index in [9.17, 15) is 0 Å². The summed E-state index contributed by atoms with van der Waals surface area (Å²) >= 11 is 0. The van der Waals surface area contributed by atoms with Crippen molar-refractivity contribution in [1.82, 2.24) is 0 Å². The summed E-state index contributed by atoms with van der Waals surface area (Å²) in [6, 6.07) is 76.9. The molecule has 0 aromatic heterocycles. The summed E-state index contributed by atoms with van der Waals surface area (Å²) in [5, 5.41) is 17.5. The first-order chi connectivity index (χ1) is 30.6. The lowest BCUT2D eigenvalue weighted by Gasteiger charge is -2.18. The summed E-state index contributed by atoms with van der Waals surface area (Å²) in [5.41, 5.74) is 11.8. The fourth-order valence-electron chi connectivity index (χ4n) is 9.87. The van der Waals surface area contributed by atoms with Gasteiger partial charge in [-0.25, -0.2) is 0 Å². The second-order valence-electron chi connectivity index (χ2n) is 16.6. The predicted octanol–water partition coefficient (Wildman–Crippen LogP) is 17.7. The van der Waals surface area contributed by atoms with Crippen molar-refractivity contribution in [3.63, 3.8) is 0 Å². The summed E-state index contributed by atoms with van der Waals surface area (Å²) in [5.74, 6) is 0. The molecule has 0 radical (unpaired) electrons. The molecule has 12 rings (SSSR count). The van der Waals surface area contributed by atoms with Gasteiger partial charge in [0.25, 0.3) is 0 Å². The number of hydrogen-bond donors (Lipinski definition) is 0. The molecule has 12 aromatic rings. The Kier molecular flexibility index (Phi) is 8.27. The number of hydrogen-bond acceptors (Lipinski definition) is 0. The van der Waals surface area contributed by atoms with Crippen molar-refractivity contribution in [3.8, 4) is 44.5 Å². The van der Waals surface area contributed by atoms with Crippen LogP contribution >= 0.6 is 0 Å². The molecule has 0 aliphatic rings. The van der Waals surface area contributed by atoms with E-state index in [1.165, 1.54) is 120 Å². The number of rotatable bonds is 6. The third-order valence-electron chi connectivity index (χ3n) is 13.1. The highest BCUT2D eigenvalue weighted by molar-refractivity contribution is 6.25. The van der Waals surface area contributed by atoms with Gasteiger partial charge in [-0.05, 0) is 167 Å². The van der Waals surface area contributed by atoms with Crippen molar-refractivity contribution in [2.24, 2.45) is 0 Å². The van der Waals surface area contributed by atoms with Gasteiger partial charge in [0.1, 0.15) is 0 Å². The van der Waals surface area contributed by atoms with E-state index >= 15 is 0 Å². The SMILES string of the molecule is C=Cc1ccc(-c2ccc3c(-c4ccc5c(ccc6ccccc65)c4)cc4c5cc(-c6ccc(C=C)cc6)ccc5c(-c5ccc6c(ccc7ccccc76)c5)cc4c3c2)cc1. The first-order valence-electron chi connectivity index (χ1n) is 21.4. The summed E-state index contributed by atoms with van der Waals surface area (Å²) in [6.07, 6.45) is 3.81. The lowest BCUT2D eigenvalue weighted by atomic mass is 9.85. The largest absolute Gasteiger partial charge is 0.0985 e. The van der Waals surface area contributed by atoms with Crippen molar-refractivity contribution < 1.29 is 0 Å². The van der Waals surface area contributed by atoms with Crippen molar-refractivity contribution in [3.05, 3.63) is 231 Å². The van der Waals surface area contributed by atoms with E-state index in [1.54, 1.807) is 0 Å². The van der Waals surface area contributed by atoms with Gasteiger partial charge in [0, 0.05) is 0 Å². The molecular formula is C62H40. The topological polar surface area (TPSA) is 0 Å². The molecule has 0 bridgehead atoms. The van der Waals surface area contributed by atoms with Crippen LogP contribution in [-0.2, 0) is 0 Å². The molecule has 0 spiro atoms. The van der Waals surface area contributed by atoms with Crippen LogP contribution in [0.2, 0.25) is 0 Å². The van der Waals surface area contributed by atoms with Gasteiger partial charge in [0.2, 0.25) is 0 Å². The zero-order chi connectivity index (χ0) is 41.3. The molecule has 0 heteroatoms. The Morgan fingerprint density at radius 3 is 1.00 bits per heavy atom. The highest BCUT2D eigenvalue weighted by atomic mass is 14.2. The van der Waals surface area contributed by atoms with Gasteiger partial charge in [0.05, 0.1) is 0 Å². The van der Waals surface area contributed by atoms with Gasteiger partial charge >= 0.3 is 0 Å². The molecule has 62 heavy (non-hydrogen) atoms. The Labute approximate surface area is 361 Å². The maximum atomic E-state index is 4.00. The third kappa shape index (κ3) is 5.84. The molecule has 12 aromatic carbocycles. The van der Waals surface area contributed by atoms with Crippen molar-refractivity contribution >= 4 is 87.6 Å². The minimum Gasteiger partial charge on any atom is -0.0985 e. The average molecular weight is 785 g/mol. The van der Waals surface area contributed by atoms with Crippen LogP contribution in [0.4, 0.5) is 0 Å². The Hall–Kier alpha value is -8.06. The minimum atomic E-state index is 1.11. The first-order valence-corrected chi connectivity index (χ1v) is 21.4. The van der Waals surface area contributed by atoms with Crippen molar-refractivity contribution in [2.45, 2.75) is 0 Å². The molecule has 0 saturated heterocycles. The quantitative estimate of drug-likeness (QED) is 0.147. The molecule has 0 saturated carbocycles. The molecule has 0 N–H and O–H groups in total. The van der Waals surface area contributed by atoms with Crippen LogP contribution in [0.1, 0.15) is 11.1 Å². The lowest BCUT2D eigenvalue weighted by Crippen LogP contribution is -1.91. The predicted molar refractivity (Wildman–Crippen MR) is 271 cm³/mol. The fourth-order valence-corrected chi connectivity index (χ4v) is 9.87. The normalized spacial score (nSPS) is 11.7. The molecule has 0 aliphatic carbocycles. The van der Waals surface area contributed by atoms with Crippen LogP contribution < -0.4 is 0 Å². The molecule has 0 unspecified atom stereocenters. The molecule has 0 atom stereocenters. The van der Waals surface area contributed by atoms with Crippen LogP contribution in [0.15, 0.2) is 219 Å². The lowest BCUT2D eigenvalue weighted by molar-refractivity contribution is 1.62. The average Bonchev–Trinajstić information content (AvgIpc) is 3.35. The molecule has 0 aliphatic heterocycles. The molecule has 288 valence electrons. The third-order valence-corrected chi connectivity index (χ3v) is 13.1. The van der Waals surface area contributed by atoms with Crippen LogP contribution in [-0.4, -0.2) is 0 Å². The minimum absolute atomic E-state index is 1.11. The Morgan fingerprint density at radius 1 is 0.226 bits per heavy atom. The van der Waals surface area contributed by atoms with E-state index in [0.717, 1.165) is 11.1 Å². The molecular weight excluding hydrogens is 745 g/mol. The molecule has 0 amide bonds. The zero-order valence-corrected chi connectivity index (χ0v) is 34.2. The Balaban J connectivity index is 1.17. The second kappa shape index (κ2) is 14.3. The summed E-state index contributed by atoms with van der Waals surface area (Å²) in [6.45, 7) is 8.00. The van der Waals surface area contributed by atoms with Crippen molar-refractivity contribution in [1.29, 1.82) is 0 Å². The molecule has 0 fully saturated rings. The first kappa shape index (κ1) is 35.8. The fraction of sp³-hybridized carbons (Fsp3) is 0. The van der Waals surface area contributed by atoms with Crippen molar-refractivity contribution in [2.75, 3.05) is 0 Å². The second-order valence-corrected chi connectivity index (χ2v) is 16.6. The van der Waals surface area contributed by atoms with E-state index in [4.69, 9.17) is 0 Å². The van der Waals surface area contributed by atoms with E-state index in [-0.39, 0.29) is 0 Å². The monoisotopic (exact) mass is 784 g/mol. The maximum absolute atomic E-state index is 4.00. The van der Waals surface area contributed by atoms with Gasteiger partial charge in [-0.1, -0.05) is 195 Å². The van der Waals surface area contributed by atoms with Crippen LogP contribution in [0.25, 0.3) is 132 Å². The van der Waals surface area contributed by atoms with E-state index in [0.29, 0.717) is 0 Å². The standard InChI is InChI=1S/C62H40/c1-3-39-13-17-41(18-14-39)45-25-31-55-57(49-27-29-53-47(33-49)23-21-43-9-5-7-11-51(43)53)38-62-60-36-46(42-19-15-40(4-2)16-20-42)26-32-56(60)58(37-61(62)59(55)35-45)50-28-30-54-48(34-50)24-22-44-10-6-8-12-52(44)54/h3-38H,1-2H2. The van der Waals surface area contributed by atoms with Gasteiger partial charge in [-0.15, -0.1) is 0 Å². The van der Waals surface area contributed by atoms with E-state index in [1.807, 2.05) is 12.2 Å². The summed E-state index contributed by atoms with van der Waals surface area (Å²) < 4.78 is 0. The number of benzene rings is 12. The van der Waals surface area contributed by atoms with Gasteiger partial charge in [-0.3, -0.25) is 0 Å². The van der Waals surface area contributed by atoms with Crippen LogP contribution in [0.3, 0.4) is 0 Å². The Morgan fingerprint density at radius 2 is 0.565 bits per heavy atom.